The fraction of sp³-hybridized carbons (Fsp3) is 0.273. The van der Waals surface area contributed by atoms with Crippen LogP contribution in [0.5, 0.6) is 5.75 Å². The van der Waals surface area contributed by atoms with Crippen LogP contribution in [-0.4, -0.2) is 39.8 Å². The van der Waals surface area contributed by atoms with Gasteiger partial charge in [-0.25, -0.2) is 4.79 Å². The molecule has 1 unspecified atom stereocenters. The summed E-state index contributed by atoms with van der Waals surface area (Å²) in [7, 11) is 0. The normalized spacial score (nSPS) is 11.9. The van der Waals surface area contributed by atoms with Gasteiger partial charge in [0.15, 0.2) is 0 Å². The Bertz CT molecular complexity index is 463. The molecule has 1 amide bonds. The summed E-state index contributed by atoms with van der Waals surface area (Å²) >= 11 is 5.67. The number of hydrogen-bond acceptors (Lipinski definition) is 4. The number of carbonyl (C=O) groups excluding carboxylic acids is 1. The first-order chi connectivity index (χ1) is 8.45. The van der Waals surface area contributed by atoms with Crippen molar-refractivity contribution in [2.75, 3.05) is 6.61 Å². The molecule has 6 nitrogen and oxygen atoms in total. The van der Waals surface area contributed by atoms with Gasteiger partial charge in [0.1, 0.15) is 11.8 Å². The van der Waals surface area contributed by atoms with Crippen LogP contribution in [0.1, 0.15) is 16.8 Å². The average Bonchev–Trinajstić information content (AvgIpc) is 2.31. The van der Waals surface area contributed by atoms with E-state index in [0.29, 0.717) is 0 Å². The number of carboxylic acid groups (broad SMARTS) is 1. The Labute approximate surface area is 108 Å². The molecule has 0 aromatic heterocycles. The summed E-state index contributed by atoms with van der Waals surface area (Å²) in [6.07, 6.45) is -0.123. The van der Waals surface area contributed by atoms with E-state index in [1.165, 1.54) is 18.2 Å². The number of aliphatic hydroxyl groups is 1. The lowest BCUT2D eigenvalue weighted by Crippen LogP contribution is -2.41. The summed E-state index contributed by atoms with van der Waals surface area (Å²) in [6, 6.07) is 2.64. The highest BCUT2D eigenvalue weighted by atomic mass is 35.5. The van der Waals surface area contributed by atoms with Crippen molar-refractivity contribution in [3.8, 4) is 5.75 Å². The number of aromatic hydroxyl groups is 1. The number of carboxylic acids is 1. The standard InChI is InChI=1S/C11H12ClNO5/c12-6-1-2-9(15)7(5-6)10(16)13-8(3-4-14)11(17)18/h1-2,5,8,14-15H,3-4H2,(H,13,16)(H,17,18). The minimum atomic E-state index is -1.26. The van der Waals surface area contributed by atoms with Gasteiger partial charge in [-0.15, -0.1) is 0 Å². The Morgan fingerprint density at radius 2 is 2.06 bits per heavy atom. The number of halogens is 1. The second kappa shape index (κ2) is 6.23. The zero-order chi connectivity index (χ0) is 13.7. The molecule has 1 aromatic carbocycles. The van der Waals surface area contributed by atoms with Gasteiger partial charge in [0, 0.05) is 18.1 Å². The van der Waals surface area contributed by atoms with Crippen LogP contribution in [0.25, 0.3) is 0 Å². The molecule has 98 valence electrons. The number of rotatable bonds is 5. The molecule has 0 aliphatic carbocycles. The van der Waals surface area contributed by atoms with E-state index in [4.69, 9.17) is 21.8 Å². The number of phenolic OH excluding ortho intramolecular Hbond substituents is 1. The summed E-state index contributed by atoms with van der Waals surface area (Å²) in [5.74, 6) is -2.33. The van der Waals surface area contributed by atoms with E-state index in [0.717, 1.165) is 0 Å². The third kappa shape index (κ3) is 3.61. The molecule has 0 spiro atoms. The molecule has 0 saturated carbocycles. The van der Waals surface area contributed by atoms with Gasteiger partial charge in [0.2, 0.25) is 0 Å². The number of amides is 1. The zero-order valence-electron chi connectivity index (χ0n) is 9.26. The Hall–Kier alpha value is -1.79. The smallest absolute Gasteiger partial charge is 0.326 e. The molecule has 0 fully saturated rings. The van der Waals surface area contributed by atoms with Crippen molar-refractivity contribution < 1.29 is 24.9 Å². The zero-order valence-corrected chi connectivity index (χ0v) is 10.0. The first-order valence-electron chi connectivity index (χ1n) is 5.08. The van der Waals surface area contributed by atoms with Gasteiger partial charge in [-0.05, 0) is 18.2 Å². The van der Waals surface area contributed by atoms with Crippen LogP contribution in [0, 0.1) is 0 Å². The Kier molecular flexibility index (Phi) is 4.94. The predicted octanol–water partition coefficient (Wildman–Crippen LogP) is 0.611. The van der Waals surface area contributed by atoms with Crippen LogP contribution in [-0.2, 0) is 4.79 Å². The highest BCUT2D eigenvalue weighted by Gasteiger charge is 2.21. The minimum Gasteiger partial charge on any atom is -0.507 e. The Morgan fingerprint density at radius 1 is 1.39 bits per heavy atom. The van der Waals surface area contributed by atoms with Gasteiger partial charge in [-0.3, -0.25) is 4.79 Å². The number of phenols is 1. The summed E-state index contributed by atoms with van der Waals surface area (Å²) < 4.78 is 0. The van der Waals surface area contributed by atoms with E-state index in [-0.39, 0.29) is 29.4 Å². The van der Waals surface area contributed by atoms with Crippen molar-refractivity contribution in [2.45, 2.75) is 12.5 Å². The van der Waals surface area contributed by atoms with Crippen LogP contribution < -0.4 is 5.32 Å². The van der Waals surface area contributed by atoms with Crippen molar-refractivity contribution in [3.63, 3.8) is 0 Å². The molecule has 0 heterocycles. The predicted molar refractivity (Wildman–Crippen MR) is 63.7 cm³/mol. The van der Waals surface area contributed by atoms with Crippen molar-refractivity contribution >= 4 is 23.5 Å². The van der Waals surface area contributed by atoms with Crippen LogP contribution >= 0.6 is 11.6 Å². The number of hydrogen-bond donors (Lipinski definition) is 4. The lowest BCUT2D eigenvalue weighted by atomic mass is 10.1. The van der Waals surface area contributed by atoms with E-state index < -0.39 is 17.9 Å². The van der Waals surface area contributed by atoms with Crippen molar-refractivity contribution in [2.24, 2.45) is 0 Å². The fourth-order valence-electron chi connectivity index (χ4n) is 1.31. The van der Waals surface area contributed by atoms with Crippen LogP contribution in [0.3, 0.4) is 0 Å². The first-order valence-corrected chi connectivity index (χ1v) is 5.46. The molecular weight excluding hydrogens is 262 g/mol. The minimum absolute atomic E-state index is 0.119. The van der Waals surface area contributed by atoms with E-state index in [1.807, 2.05) is 0 Å². The molecule has 1 rings (SSSR count). The number of aliphatic hydroxyl groups excluding tert-OH is 1. The Morgan fingerprint density at radius 3 is 2.61 bits per heavy atom. The van der Waals surface area contributed by atoms with Gasteiger partial charge in [0.25, 0.3) is 5.91 Å². The van der Waals surface area contributed by atoms with E-state index in [9.17, 15) is 14.7 Å². The van der Waals surface area contributed by atoms with E-state index in [2.05, 4.69) is 5.32 Å². The van der Waals surface area contributed by atoms with Gasteiger partial charge in [-0.2, -0.15) is 0 Å². The summed E-state index contributed by atoms with van der Waals surface area (Å²) in [6.45, 7) is -0.376. The lowest BCUT2D eigenvalue weighted by Gasteiger charge is -2.13. The maximum absolute atomic E-state index is 11.7. The quantitative estimate of drug-likeness (QED) is 0.629. The summed E-state index contributed by atoms with van der Waals surface area (Å²) in [5, 5.41) is 29.4. The lowest BCUT2D eigenvalue weighted by molar-refractivity contribution is -0.139. The highest BCUT2D eigenvalue weighted by molar-refractivity contribution is 6.31. The highest BCUT2D eigenvalue weighted by Crippen LogP contribution is 2.21. The number of aliphatic carboxylic acids is 1. The number of carbonyl (C=O) groups is 2. The maximum Gasteiger partial charge on any atom is 0.326 e. The molecular formula is C11H12ClNO5. The van der Waals surface area contributed by atoms with Gasteiger partial charge in [0.05, 0.1) is 5.56 Å². The SMILES string of the molecule is O=C(NC(CCO)C(=O)O)c1cc(Cl)ccc1O. The maximum atomic E-state index is 11.7. The van der Waals surface area contributed by atoms with Gasteiger partial charge in [-0.1, -0.05) is 11.6 Å². The number of nitrogens with one attached hydrogen (secondary N) is 1. The van der Waals surface area contributed by atoms with Crippen LogP contribution in [0.15, 0.2) is 18.2 Å². The first kappa shape index (κ1) is 14.3. The van der Waals surface area contributed by atoms with Crippen LogP contribution in [0.4, 0.5) is 0 Å². The molecule has 0 aliphatic rings. The molecule has 0 radical (unpaired) electrons. The third-order valence-electron chi connectivity index (χ3n) is 2.22. The molecule has 0 saturated heterocycles. The molecule has 0 bridgehead atoms. The molecule has 1 aromatic rings. The summed E-state index contributed by atoms with van der Waals surface area (Å²) in [5.41, 5.74) is -0.119. The summed E-state index contributed by atoms with van der Waals surface area (Å²) in [4.78, 5) is 22.5. The second-order valence-electron chi connectivity index (χ2n) is 3.54. The Balaban J connectivity index is 2.86. The monoisotopic (exact) mass is 273 g/mol. The molecule has 7 heteroatoms. The topological polar surface area (TPSA) is 107 Å². The second-order valence-corrected chi connectivity index (χ2v) is 3.97. The van der Waals surface area contributed by atoms with Crippen molar-refractivity contribution in [3.05, 3.63) is 28.8 Å². The van der Waals surface area contributed by atoms with Crippen LogP contribution in [0.2, 0.25) is 5.02 Å². The van der Waals surface area contributed by atoms with Crippen molar-refractivity contribution in [1.82, 2.24) is 5.32 Å². The van der Waals surface area contributed by atoms with E-state index >= 15 is 0 Å². The van der Waals surface area contributed by atoms with Gasteiger partial charge < -0.3 is 20.6 Å². The number of benzene rings is 1. The molecule has 0 aliphatic heterocycles. The molecule has 4 N–H and O–H groups in total. The van der Waals surface area contributed by atoms with Gasteiger partial charge >= 0.3 is 5.97 Å². The van der Waals surface area contributed by atoms with Crippen molar-refractivity contribution in [1.29, 1.82) is 0 Å². The largest absolute Gasteiger partial charge is 0.507 e. The molecule has 1 atom stereocenters. The van der Waals surface area contributed by atoms with E-state index in [1.54, 1.807) is 0 Å². The fourth-order valence-corrected chi connectivity index (χ4v) is 1.48. The third-order valence-corrected chi connectivity index (χ3v) is 2.46. The average molecular weight is 274 g/mol. The molecule has 18 heavy (non-hydrogen) atoms.